The molecule has 0 fully saturated rings. The largest absolute Gasteiger partial charge is 0.502 e. The number of aromatic nitrogens is 1. The lowest BCUT2D eigenvalue weighted by atomic mass is 10.2. The summed E-state index contributed by atoms with van der Waals surface area (Å²) < 4.78 is 0. The van der Waals surface area contributed by atoms with Crippen LogP contribution in [0.1, 0.15) is 10.4 Å². The molecule has 2 aromatic heterocycles. The molecule has 0 radical (unpaired) electrons. The van der Waals surface area contributed by atoms with Gasteiger partial charge in [-0.2, -0.15) is 0 Å². The molecule has 1 aliphatic rings. The Bertz CT molecular complexity index is 692. The molecular weight excluding hydrogens is 276 g/mol. The van der Waals surface area contributed by atoms with Crippen molar-refractivity contribution < 1.29 is 14.7 Å². The van der Waals surface area contributed by atoms with E-state index in [9.17, 15) is 14.7 Å². The zero-order chi connectivity index (χ0) is 14.1. The lowest BCUT2D eigenvalue weighted by molar-refractivity contribution is -0.138. The molecule has 6 heteroatoms. The van der Waals surface area contributed by atoms with Crippen LogP contribution in [-0.2, 0) is 16.1 Å². The molecule has 5 nitrogen and oxygen atoms in total. The highest BCUT2D eigenvalue weighted by atomic mass is 32.1. The number of aliphatic hydroxyl groups excluding tert-OH is 1. The van der Waals surface area contributed by atoms with E-state index < -0.39 is 17.6 Å². The fraction of sp³-hybridized carbons (Fsp3) is 0.0714. The fourth-order valence-electron chi connectivity index (χ4n) is 2.02. The maximum absolute atomic E-state index is 12.3. The van der Waals surface area contributed by atoms with Crippen molar-refractivity contribution in [3.63, 3.8) is 0 Å². The van der Waals surface area contributed by atoms with Gasteiger partial charge in [-0.1, -0.05) is 6.07 Å². The Hall–Kier alpha value is -2.47. The standard InChI is InChI=1S/C14H10N2O3S/c17-12-11(10-2-1-7-20-10)13(18)16(14(12)19)8-9-3-5-15-6-4-9/h1-7,17H,8H2. The van der Waals surface area contributed by atoms with Gasteiger partial charge in [0.05, 0.1) is 6.54 Å². The molecule has 0 spiro atoms. The van der Waals surface area contributed by atoms with Crippen molar-refractivity contribution in [1.82, 2.24) is 9.88 Å². The minimum atomic E-state index is -0.657. The first-order valence-electron chi connectivity index (χ1n) is 5.90. The Morgan fingerprint density at radius 1 is 1.15 bits per heavy atom. The van der Waals surface area contributed by atoms with Crippen molar-refractivity contribution >= 4 is 28.7 Å². The molecular formula is C14H10N2O3S. The Kier molecular flexibility index (Phi) is 3.08. The van der Waals surface area contributed by atoms with Crippen LogP contribution >= 0.6 is 11.3 Å². The second-order valence-electron chi connectivity index (χ2n) is 4.25. The third-order valence-corrected chi connectivity index (χ3v) is 3.89. The quantitative estimate of drug-likeness (QED) is 0.876. The molecule has 0 atom stereocenters. The van der Waals surface area contributed by atoms with Crippen LogP contribution in [0.15, 0.2) is 47.8 Å². The maximum Gasteiger partial charge on any atom is 0.296 e. The van der Waals surface area contributed by atoms with E-state index in [1.807, 2.05) is 0 Å². The lowest BCUT2D eigenvalue weighted by Gasteiger charge is -2.13. The van der Waals surface area contributed by atoms with Gasteiger partial charge in [-0.25, -0.2) is 0 Å². The first kappa shape index (κ1) is 12.6. The van der Waals surface area contributed by atoms with Gasteiger partial charge in [-0.15, -0.1) is 11.3 Å². The van der Waals surface area contributed by atoms with Crippen molar-refractivity contribution in [2.24, 2.45) is 0 Å². The smallest absolute Gasteiger partial charge is 0.296 e. The summed E-state index contributed by atoms with van der Waals surface area (Å²) in [5.74, 6) is -1.60. The molecule has 0 unspecified atom stereocenters. The summed E-state index contributed by atoms with van der Waals surface area (Å²) in [5.41, 5.74) is 0.862. The summed E-state index contributed by atoms with van der Waals surface area (Å²) in [5, 5.41) is 11.7. The van der Waals surface area contributed by atoms with E-state index in [4.69, 9.17) is 0 Å². The Morgan fingerprint density at radius 3 is 2.55 bits per heavy atom. The van der Waals surface area contributed by atoms with E-state index in [2.05, 4.69) is 4.98 Å². The van der Waals surface area contributed by atoms with E-state index in [-0.39, 0.29) is 12.1 Å². The third kappa shape index (κ3) is 2.00. The van der Waals surface area contributed by atoms with Crippen LogP contribution in [0.2, 0.25) is 0 Å². The predicted octanol–water partition coefficient (Wildman–Crippen LogP) is 1.98. The van der Waals surface area contributed by atoms with Crippen LogP contribution in [0.25, 0.3) is 5.57 Å². The van der Waals surface area contributed by atoms with Gasteiger partial charge < -0.3 is 5.11 Å². The molecule has 1 aliphatic heterocycles. The molecule has 2 aromatic rings. The molecule has 20 heavy (non-hydrogen) atoms. The molecule has 0 bridgehead atoms. The number of carbonyl (C=O) groups excluding carboxylic acids is 2. The number of rotatable bonds is 3. The van der Waals surface area contributed by atoms with Gasteiger partial charge in [0.2, 0.25) is 0 Å². The van der Waals surface area contributed by atoms with Crippen molar-refractivity contribution in [1.29, 1.82) is 0 Å². The van der Waals surface area contributed by atoms with Crippen LogP contribution in [0.4, 0.5) is 0 Å². The minimum Gasteiger partial charge on any atom is -0.502 e. The molecule has 2 amide bonds. The summed E-state index contributed by atoms with van der Waals surface area (Å²) in [4.78, 5) is 29.8. The summed E-state index contributed by atoms with van der Waals surface area (Å²) in [6, 6.07) is 6.92. The van der Waals surface area contributed by atoms with Gasteiger partial charge in [0.15, 0.2) is 5.76 Å². The fourth-order valence-corrected chi connectivity index (χ4v) is 2.78. The second-order valence-corrected chi connectivity index (χ2v) is 5.20. The van der Waals surface area contributed by atoms with Crippen LogP contribution in [0, 0.1) is 0 Å². The van der Waals surface area contributed by atoms with Crippen molar-refractivity contribution in [2.45, 2.75) is 6.54 Å². The highest BCUT2D eigenvalue weighted by Crippen LogP contribution is 2.31. The number of imide groups is 1. The number of pyridine rings is 1. The molecule has 0 saturated heterocycles. The summed E-state index contributed by atoms with van der Waals surface area (Å²) in [6.45, 7) is 0.124. The number of carbonyl (C=O) groups is 2. The van der Waals surface area contributed by atoms with Crippen LogP contribution < -0.4 is 0 Å². The van der Waals surface area contributed by atoms with Gasteiger partial charge >= 0.3 is 0 Å². The zero-order valence-electron chi connectivity index (χ0n) is 10.3. The first-order chi connectivity index (χ1) is 9.68. The van der Waals surface area contributed by atoms with Gasteiger partial charge in [-0.05, 0) is 29.1 Å². The normalized spacial score (nSPS) is 15.3. The number of thiophene rings is 1. The number of amides is 2. The van der Waals surface area contributed by atoms with E-state index in [1.165, 1.54) is 11.3 Å². The van der Waals surface area contributed by atoms with Gasteiger partial charge in [0.1, 0.15) is 5.57 Å². The zero-order valence-corrected chi connectivity index (χ0v) is 11.1. The Labute approximate surface area is 118 Å². The van der Waals surface area contributed by atoms with E-state index >= 15 is 0 Å². The summed E-state index contributed by atoms with van der Waals surface area (Å²) in [6.07, 6.45) is 3.18. The van der Waals surface area contributed by atoms with Crippen LogP contribution in [0.5, 0.6) is 0 Å². The van der Waals surface area contributed by atoms with Crippen molar-refractivity contribution in [3.05, 3.63) is 58.2 Å². The molecule has 0 aliphatic carbocycles. The lowest BCUT2D eigenvalue weighted by Crippen LogP contribution is -2.31. The molecule has 3 heterocycles. The first-order valence-corrected chi connectivity index (χ1v) is 6.78. The number of aliphatic hydroxyl groups is 1. The Morgan fingerprint density at radius 2 is 1.90 bits per heavy atom. The highest BCUT2D eigenvalue weighted by Gasteiger charge is 2.39. The topological polar surface area (TPSA) is 70.5 Å². The van der Waals surface area contributed by atoms with E-state index in [0.29, 0.717) is 4.88 Å². The average molecular weight is 286 g/mol. The van der Waals surface area contributed by atoms with Gasteiger partial charge in [0, 0.05) is 17.3 Å². The van der Waals surface area contributed by atoms with Gasteiger partial charge in [-0.3, -0.25) is 19.5 Å². The van der Waals surface area contributed by atoms with Crippen LogP contribution in [0.3, 0.4) is 0 Å². The molecule has 0 aromatic carbocycles. The third-order valence-electron chi connectivity index (χ3n) is 3.00. The van der Waals surface area contributed by atoms with Crippen LogP contribution in [-0.4, -0.2) is 26.8 Å². The van der Waals surface area contributed by atoms with Gasteiger partial charge in [0.25, 0.3) is 11.8 Å². The average Bonchev–Trinajstić information content (AvgIpc) is 3.04. The molecule has 1 N–H and O–H groups in total. The number of hydrogen-bond donors (Lipinski definition) is 1. The van der Waals surface area contributed by atoms with E-state index in [1.54, 1.807) is 42.0 Å². The van der Waals surface area contributed by atoms with Crippen molar-refractivity contribution in [3.8, 4) is 0 Å². The van der Waals surface area contributed by atoms with Crippen molar-refractivity contribution in [2.75, 3.05) is 0 Å². The summed E-state index contributed by atoms with van der Waals surface area (Å²) in [7, 11) is 0. The SMILES string of the molecule is O=C1C(O)=C(c2cccs2)C(=O)N1Cc1ccncc1. The minimum absolute atomic E-state index is 0.0825. The maximum atomic E-state index is 12.3. The predicted molar refractivity (Wildman–Crippen MR) is 73.7 cm³/mol. The second kappa shape index (κ2) is 4.90. The monoisotopic (exact) mass is 286 g/mol. The van der Waals surface area contributed by atoms with E-state index in [0.717, 1.165) is 10.5 Å². The number of nitrogens with zero attached hydrogens (tertiary/aromatic N) is 2. The Balaban J connectivity index is 1.91. The highest BCUT2D eigenvalue weighted by molar-refractivity contribution is 7.11. The molecule has 100 valence electrons. The number of hydrogen-bond acceptors (Lipinski definition) is 5. The molecule has 3 rings (SSSR count). The summed E-state index contributed by atoms with van der Waals surface area (Å²) >= 11 is 1.31. The molecule has 0 saturated carbocycles.